The molecule has 1 aromatic carbocycles. The largest absolute Gasteiger partial charge is 0.508 e. The highest BCUT2D eigenvalue weighted by Gasteiger charge is 2.32. The molecule has 5 heteroatoms. The Balaban J connectivity index is 2.99. The fourth-order valence-corrected chi connectivity index (χ4v) is 0.989. The van der Waals surface area contributed by atoms with Crippen molar-refractivity contribution in [1.29, 1.82) is 0 Å². The molecule has 0 bridgehead atoms. The van der Waals surface area contributed by atoms with Gasteiger partial charge in [0.15, 0.2) is 0 Å². The number of benzene rings is 1. The Hall–Kier alpha value is -1.49. The number of phenols is 1. The summed E-state index contributed by atoms with van der Waals surface area (Å²) in [5.41, 5.74) is -0.748. The van der Waals surface area contributed by atoms with Crippen LogP contribution >= 0.6 is 0 Å². The highest BCUT2D eigenvalue weighted by atomic mass is 19.4. The third-order valence-electron chi connectivity index (χ3n) is 1.77. The molecule has 0 unspecified atom stereocenters. The van der Waals surface area contributed by atoms with E-state index in [1.54, 1.807) is 0 Å². The summed E-state index contributed by atoms with van der Waals surface area (Å²) in [7, 11) is 0. The molecule has 0 aromatic heterocycles. The summed E-state index contributed by atoms with van der Waals surface area (Å²) in [5, 5.41) is 17.5. The normalized spacial score (nSPS) is 12.9. The van der Waals surface area contributed by atoms with Crippen LogP contribution in [0.1, 0.15) is 5.56 Å². The summed E-state index contributed by atoms with van der Waals surface area (Å²) in [6, 6.07) is 5.21. The van der Waals surface area contributed by atoms with Crippen LogP contribution in [0.25, 0.3) is 6.08 Å². The number of hydrogen-bond acceptors (Lipinski definition) is 2. The lowest BCUT2D eigenvalue weighted by Crippen LogP contribution is -2.14. The first-order chi connectivity index (χ1) is 6.93. The number of aliphatic hydroxyl groups excluding tert-OH is 1. The monoisotopic (exact) mass is 218 g/mol. The van der Waals surface area contributed by atoms with Crippen molar-refractivity contribution in [2.45, 2.75) is 6.18 Å². The van der Waals surface area contributed by atoms with Gasteiger partial charge in [0.2, 0.25) is 0 Å². The Morgan fingerprint density at radius 2 is 1.73 bits per heavy atom. The topological polar surface area (TPSA) is 40.5 Å². The number of halogens is 3. The summed E-state index contributed by atoms with van der Waals surface area (Å²) in [5.74, 6) is -0.0234. The highest BCUT2D eigenvalue weighted by Crippen LogP contribution is 2.27. The molecule has 0 spiro atoms. The number of aromatic hydroxyl groups is 1. The van der Waals surface area contributed by atoms with E-state index in [0.717, 1.165) is 6.08 Å². The lowest BCUT2D eigenvalue weighted by Gasteiger charge is -2.08. The van der Waals surface area contributed by atoms with E-state index in [1.165, 1.54) is 24.3 Å². The molecule has 0 fully saturated rings. The minimum atomic E-state index is -4.54. The first kappa shape index (κ1) is 11.6. The molecule has 0 aliphatic heterocycles. The van der Waals surface area contributed by atoms with Gasteiger partial charge in [0.1, 0.15) is 5.75 Å². The second-order valence-electron chi connectivity index (χ2n) is 2.92. The van der Waals surface area contributed by atoms with Crippen LogP contribution in [-0.2, 0) is 0 Å². The molecule has 1 rings (SSSR count). The van der Waals surface area contributed by atoms with Crippen LogP contribution in [-0.4, -0.2) is 23.0 Å². The molecule has 2 nitrogen and oxygen atoms in total. The summed E-state index contributed by atoms with van der Waals surface area (Å²) in [4.78, 5) is 0. The van der Waals surface area contributed by atoms with E-state index >= 15 is 0 Å². The highest BCUT2D eigenvalue weighted by molar-refractivity contribution is 5.55. The molecule has 0 aliphatic carbocycles. The van der Waals surface area contributed by atoms with Gasteiger partial charge in [-0.05, 0) is 23.8 Å². The Labute approximate surface area is 84.3 Å². The third-order valence-corrected chi connectivity index (χ3v) is 1.77. The zero-order valence-corrected chi connectivity index (χ0v) is 7.62. The smallest absolute Gasteiger partial charge is 0.414 e. The first-order valence-corrected chi connectivity index (χ1v) is 4.11. The molecule has 2 N–H and O–H groups in total. The van der Waals surface area contributed by atoms with Crippen LogP contribution < -0.4 is 0 Å². The number of hydrogen-bond donors (Lipinski definition) is 2. The molecule has 0 aliphatic rings. The number of rotatable bonds is 2. The molecule has 0 amide bonds. The molecule has 0 heterocycles. The third kappa shape index (κ3) is 3.28. The zero-order valence-electron chi connectivity index (χ0n) is 7.62. The van der Waals surface area contributed by atoms with Gasteiger partial charge in [0, 0.05) is 0 Å². The minimum Gasteiger partial charge on any atom is -0.508 e. The summed E-state index contributed by atoms with van der Waals surface area (Å²) >= 11 is 0. The maximum atomic E-state index is 12.2. The minimum absolute atomic E-state index is 0.0234. The lowest BCUT2D eigenvalue weighted by atomic mass is 10.1. The van der Waals surface area contributed by atoms with Crippen LogP contribution in [0, 0.1) is 0 Å². The Kier molecular flexibility index (Phi) is 3.36. The zero-order chi connectivity index (χ0) is 11.5. The van der Waals surface area contributed by atoms with Crippen LogP contribution in [0.5, 0.6) is 5.75 Å². The van der Waals surface area contributed by atoms with Crippen molar-refractivity contribution in [2.24, 2.45) is 0 Å². The van der Waals surface area contributed by atoms with Gasteiger partial charge < -0.3 is 10.2 Å². The fraction of sp³-hybridized carbons (Fsp3) is 0.200. The molecular formula is C10H9F3O2. The fourth-order valence-electron chi connectivity index (χ4n) is 0.989. The van der Waals surface area contributed by atoms with Crippen molar-refractivity contribution in [3.63, 3.8) is 0 Å². The van der Waals surface area contributed by atoms with Crippen molar-refractivity contribution >= 4 is 6.08 Å². The standard InChI is InChI=1S/C10H9F3O2/c11-10(12,13)8(6-14)5-7-1-3-9(15)4-2-7/h1-5,14-15H,6H2/b8-5+. The first-order valence-electron chi connectivity index (χ1n) is 4.11. The molecule has 82 valence electrons. The molecule has 0 atom stereocenters. The van der Waals surface area contributed by atoms with E-state index < -0.39 is 18.4 Å². The van der Waals surface area contributed by atoms with Gasteiger partial charge in [0.25, 0.3) is 0 Å². The Morgan fingerprint density at radius 3 is 2.13 bits per heavy atom. The van der Waals surface area contributed by atoms with Gasteiger partial charge in [-0.1, -0.05) is 12.1 Å². The van der Waals surface area contributed by atoms with Gasteiger partial charge >= 0.3 is 6.18 Å². The second-order valence-corrected chi connectivity index (χ2v) is 2.92. The average Bonchev–Trinajstić information content (AvgIpc) is 2.15. The number of alkyl halides is 3. The van der Waals surface area contributed by atoms with E-state index in [0.29, 0.717) is 0 Å². The van der Waals surface area contributed by atoms with Crippen molar-refractivity contribution in [2.75, 3.05) is 6.61 Å². The van der Waals surface area contributed by atoms with E-state index in [4.69, 9.17) is 10.2 Å². The molecule has 15 heavy (non-hydrogen) atoms. The summed E-state index contributed by atoms with van der Waals surface area (Å²) in [6.07, 6.45) is -3.70. The van der Waals surface area contributed by atoms with Gasteiger partial charge in [-0.15, -0.1) is 0 Å². The molecule has 0 saturated heterocycles. The lowest BCUT2D eigenvalue weighted by molar-refractivity contribution is -0.0964. The van der Waals surface area contributed by atoms with Crippen LogP contribution in [0.3, 0.4) is 0 Å². The average molecular weight is 218 g/mol. The van der Waals surface area contributed by atoms with E-state index in [-0.39, 0.29) is 11.3 Å². The van der Waals surface area contributed by atoms with E-state index in [1.807, 2.05) is 0 Å². The summed E-state index contributed by atoms with van der Waals surface area (Å²) < 4.78 is 36.6. The van der Waals surface area contributed by atoms with Gasteiger partial charge in [-0.2, -0.15) is 13.2 Å². The number of phenolic OH excluding ortho intramolecular Hbond substituents is 1. The predicted molar refractivity (Wildman–Crippen MR) is 49.2 cm³/mol. The van der Waals surface area contributed by atoms with Crippen LogP contribution in [0.4, 0.5) is 13.2 Å². The molecule has 0 saturated carbocycles. The van der Waals surface area contributed by atoms with Crippen LogP contribution in [0.15, 0.2) is 29.8 Å². The Bertz CT molecular complexity index is 352. The van der Waals surface area contributed by atoms with Gasteiger partial charge in [-0.25, -0.2) is 0 Å². The van der Waals surface area contributed by atoms with Crippen molar-refractivity contribution < 1.29 is 23.4 Å². The molecular weight excluding hydrogens is 209 g/mol. The van der Waals surface area contributed by atoms with Gasteiger partial charge in [-0.3, -0.25) is 0 Å². The summed E-state index contributed by atoms with van der Waals surface area (Å²) in [6.45, 7) is -1.07. The van der Waals surface area contributed by atoms with Gasteiger partial charge in [0.05, 0.1) is 12.2 Å². The van der Waals surface area contributed by atoms with Crippen LogP contribution in [0.2, 0.25) is 0 Å². The van der Waals surface area contributed by atoms with Crippen molar-refractivity contribution in [1.82, 2.24) is 0 Å². The quantitative estimate of drug-likeness (QED) is 0.799. The maximum absolute atomic E-state index is 12.2. The SMILES string of the molecule is OC/C(=C\c1ccc(O)cc1)C(F)(F)F. The second kappa shape index (κ2) is 4.35. The van der Waals surface area contributed by atoms with E-state index in [9.17, 15) is 13.2 Å². The van der Waals surface area contributed by atoms with Crippen molar-refractivity contribution in [3.8, 4) is 5.75 Å². The van der Waals surface area contributed by atoms with E-state index in [2.05, 4.69) is 0 Å². The maximum Gasteiger partial charge on any atom is 0.414 e. The predicted octanol–water partition coefficient (Wildman–Crippen LogP) is 2.33. The molecule has 1 aromatic rings. The number of aliphatic hydroxyl groups is 1. The Morgan fingerprint density at radius 1 is 1.20 bits per heavy atom. The van der Waals surface area contributed by atoms with Crippen molar-refractivity contribution in [3.05, 3.63) is 35.4 Å². The molecule has 0 radical (unpaired) electrons.